The van der Waals surface area contributed by atoms with Crippen molar-refractivity contribution in [2.24, 2.45) is 11.8 Å². The molecule has 1 fully saturated rings. The lowest BCUT2D eigenvalue weighted by atomic mass is 9.80. The Hall–Kier alpha value is -2.36. The average molecular weight is 456 g/mol. The summed E-state index contributed by atoms with van der Waals surface area (Å²) in [6, 6.07) is 3.70. The number of hydrogen-bond acceptors (Lipinski definition) is 4. The van der Waals surface area contributed by atoms with Gasteiger partial charge in [-0.25, -0.2) is 0 Å². The maximum Gasteiger partial charge on any atom is 0.435 e. The molecule has 2 aromatic heterocycles. The van der Waals surface area contributed by atoms with Crippen LogP contribution in [0.3, 0.4) is 0 Å². The van der Waals surface area contributed by atoms with Crippen LogP contribution in [0, 0.1) is 11.8 Å². The summed E-state index contributed by atoms with van der Waals surface area (Å²) in [7, 11) is 0. The number of carboxylic acid groups (broad SMARTS) is 1. The van der Waals surface area contributed by atoms with Crippen molar-refractivity contribution >= 4 is 23.2 Å². The van der Waals surface area contributed by atoms with Crippen molar-refractivity contribution in [3.8, 4) is 0 Å². The van der Waals surface area contributed by atoms with Gasteiger partial charge in [-0.3, -0.25) is 14.3 Å². The maximum atomic E-state index is 13.5. The van der Waals surface area contributed by atoms with E-state index in [9.17, 15) is 22.8 Å². The van der Waals surface area contributed by atoms with E-state index >= 15 is 0 Å². The highest BCUT2D eigenvalue weighted by atomic mass is 32.1. The Morgan fingerprint density at radius 3 is 2.58 bits per heavy atom. The van der Waals surface area contributed by atoms with Crippen molar-refractivity contribution in [3.63, 3.8) is 0 Å². The Kier molecular flexibility index (Phi) is 6.09. The first-order valence-electron chi connectivity index (χ1n) is 10.4. The third kappa shape index (κ3) is 4.78. The fraction of sp³-hybridized carbons (Fsp3) is 0.571. The first kappa shape index (κ1) is 21.9. The van der Waals surface area contributed by atoms with Gasteiger partial charge in [-0.05, 0) is 49.5 Å². The molecule has 10 heteroatoms. The van der Waals surface area contributed by atoms with Crippen LogP contribution in [0.25, 0.3) is 0 Å². The summed E-state index contributed by atoms with van der Waals surface area (Å²) in [5.41, 5.74) is -0.205. The fourth-order valence-electron chi connectivity index (χ4n) is 4.59. The zero-order valence-corrected chi connectivity index (χ0v) is 17.7. The highest BCUT2D eigenvalue weighted by Gasteiger charge is 2.41. The van der Waals surface area contributed by atoms with Crippen LogP contribution in [0.1, 0.15) is 53.9 Å². The molecule has 0 radical (unpaired) electrons. The molecular formula is C21H24F3N3O3S. The average Bonchev–Trinajstić information content (AvgIpc) is 3.36. The summed E-state index contributed by atoms with van der Waals surface area (Å²) in [5.74, 6) is -1.07. The predicted molar refractivity (Wildman–Crippen MR) is 107 cm³/mol. The highest BCUT2D eigenvalue weighted by Crippen LogP contribution is 2.36. The monoisotopic (exact) mass is 455 g/mol. The quantitative estimate of drug-likeness (QED) is 0.734. The van der Waals surface area contributed by atoms with Crippen LogP contribution in [0.4, 0.5) is 13.2 Å². The Balaban J connectivity index is 1.47. The molecule has 0 atom stereocenters. The van der Waals surface area contributed by atoms with Gasteiger partial charge in [0.1, 0.15) is 0 Å². The first-order chi connectivity index (χ1) is 14.7. The van der Waals surface area contributed by atoms with E-state index in [0.29, 0.717) is 37.8 Å². The molecule has 2 aromatic rings. The van der Waals surface area contributed by atoms with Gasteiger partial charge >= 0.3 is 12.1 Å². The molecule has 3 heterocycles. The van der Waals surface area contributed by atoms with Gasteiger partial charge in [0.2, 0.25) is 5.91 Å². The largest absolute Gasteiger partial charge is 0.481 e. The van der Waals surface area contributed by atoms with Crippen LogP contribution in [0.2, 0.25) is 0 Å². The normalized spacial score (nSPS) is 21.7. The molecule has 6 nitrogen and oxygen atoms in total. The van der Waals surface area contributed by atoms with Gasteiger partial charge in [0.15, 0.2) is 5.69 Å². The summed E-state index contributed by atoms with van der Waals surface area (Å²) in [4.78, 5) is 26.5. The van der Waals surface area contributed by atoms with Crippen LogP contribution in [-0.2, 0) is 35.3 Å². The number of amides is 1. The van der Waals surface area contributed by atoms with Crippen LogP contribution in [0.15, 0.2) is 17.5 Å². The van der Waals surface area contributed by atoms with Crippen molar-refractivity contribution in [1.82, 2.24) is 14.7 Å². The van der Waals surface area contributed by atoms with Crippen molar-refractivity contribution in [2.75, 3.05) is 6.54 Å². The Labute approximate surface area is 181 Å². The van der Waals surface area contributed by atoms with Gasteiger partial charge < -0.3 is 10.0 Å². The standard InChI is InChI=1S/C21H24F3N3O3S/c22-21(23,24)19-16-7-8-26(12-17(16)27(25-19)11-15-2-1-9-31-15)18(28)10-13-3-5-14(6-4-13)20(29)30/h1-2,9,13-14H,3-8,10-12H2,(H,29,30). The molecule has 1 saturated carbocycles. The van der Waals surface area contributed by atoms with Gasteiger partial charge in [-0.2, -0.15) is 18.3 Å². The minimum Gasteiger partial charge on any atom is -0.481 e. The highest BCUT2D eigenvalue weighted by molar-refractivity contribution is 7.09. The zero-order chi connectivity index (χ0) is 22.2. The number of carbonyl (C=O) groups excluding carboxylic acids is 1. The molecule has 1 aliphatic carbocycles. The lowest BCUT2D eigenvalue weighted by Crippen LogP contribution is -2.38. The zero-order valence-electron chi connectivity index (χ0n) is 16.9. The van der Waals surface area contributed by atoms with Crippen molar-refractivity contribution < 1.29 is 27.9 Å². The third-order valence-corrected chi connectivity index (χ3v) is 7.17. The molecule has 1 N–H and O–H groups in total. The van der Waals surface area contributed by atoms with E-state index in [-0.39, 0.29) is 49.4 Å². The van der Waals surface area contributed by atoms with Crippen LogP contribution in [0.5, 0.6) is 0 Å². The molecule has 0 spiro atoms. The fourth-order valence-corrected chi connectivity index (χ4v) is 5.28. The number of nitrogens with zero attached hydrogens (tertiary/aromatic N) is 3. The van der Waals surface area contributed by atoms with Crippen LogP contribution < -0.4 is 0 Å². The maximum absolute atomic E-state index is 13.5. The van der Waals surface area contributed by atoms with E-state index in [1.165, 1.54) is 16.0 Å². The molecule has 0 bridgehead atoms. The van der Waals surface area contributed by atoms with Gasteiger partial charge in [-0.15, -0.1) is 11.3 Å². The van der Waals surface area contributed by atoms with Crippen molar-refractivity contribution in [3.05, 3.63) is 39.3 Å². The van der Waals surface area contributed by atoms with Crippen LogP contribution >= 0.6 is 11.3 Å². The molecular weight excluding hydrogens is 431 g/mol. The minimum absolute atomic E-state index is 0.0816. The van der Waals surface area contributed by atoms with Crippen molar-refractivity contribution in [1.29, 1.82) is 0 Å². The second kappa shape index (κ2) is 8.64. The lowest BCUT2D eigenvalue weighted by Gasteiger charge is -2.31. The number of alkyl halides is 3. The molecule has 0 unspecified atom stereocenters. The van der Waals surface area contributed by atoms with Gasteiger partial charge in [-0.1, -0.05) is 6.07 Å². The number of hydrogen-bond donors (Lipinski definition) is 1. The van der Waals surface area contributed by atoms with E-state index in [4.69, 9.17) is 5.11 Å². The van der Waals surface area contributed by atoms with E-state index in [1.807, 2.05) is 17.5 Å². The SMILES string of the molecule is O=C(O)C1CCC(CC(=O)N2CCc3c(C(F)(F)F)nn(Cc4cccs4)c3C2)CC1. The summed E-state index contributed by atoms with van der Waals surface area (Å²) in [5, 5.41) is 14.9. The Morgan fingerprint density at radius 2 is 1.97 bits per heavy atom. The second-order valence-electron chi connectivity index (χ2n) is 8.33. The van der Waals surface area contributed by atoms with Crippen molar-refractivity contribution in [2.45, 2.75) is 57.8 Å². The lowest BCUT2D eigenvalue weighted by molar-refractivity contribution is -0.143. The number of halogens is 3. The number of carbonyl (C=O) groups is 2. The van der Waals surface area contributed by atoms with E-state index in [1.54, 1.807) is 4.90 Å². The summed E-state index contributed by atoms with van der Waals surface area (Å²) < 4.78 is 42.0. The molecule has 0 saturated heterocycles. The summed E-state index contributed by atoms with van der Waals surface area (Å²) in [6.07, 6.45) is -1.56. The smallest absolute Gasteiger partial charge is 0.435 e. The minimum atomic E-state index is -4.53. The third-order valence-electron chi connectivity index (χ3n) is 6.31. The molecule has 4 rings (SSSR count). The summed E-state index contributed by atoms with van der Waals surface area (Å²) >= 11 is 1.45. The topological polar surface area (TPSA) is 75.4 Å². The number of fused-ring (bicyclic) bond motifs is 1. The number of rotatable bonds is 5. The molecule has 1 amide bonds. The number of carboxylic acids is 1. The van der Waals surface area contributed by atoms with E-state index < -0.39 is 17.8 Å². The number of thiophene rings is 1. The van der Waals surface area contributed by atoms with Crippen LogP contribution in [-0.4, -0.2) is 38.2 Å². The number of aromatic nitrogens is 2. The molecule has 0 aromatic carbocycles. The first-order valence-corrected chi connectivity index (χ1v) is 11.3. The molecule has 31 heavy (non-hydrogen) atoms. The van der Waals surface area contributed by atoms with Gasteiger partial charge in [0.05, 0.1) is 24.7 Å². The van der Waals surface area contributed by atoms with Gasteiger partial charge in [0.25, 0.3) is 0 Å². The molecule has 2 aliphatic rings. The predicted octanol–water partition coefficient (Wildman–Crippen LogP) is 4.18. The second-order valence-corrected chi connectivity index (χ2v) is 9.37. The van der Waals surface area contributed by atoms with E-state index in [0.717, 1.165) is 4.88 Å². The van der Waals surface area contributed by atoms with Gasteiger partial charge in [0, 0.05) is 23.4 Å². The Morgan fingerprint density at radius 1 is 1.23 bits per heavy atom. The summed E-state index contributed by atoms with van der Waals surface area (Å²) in [6.45, 7) is 0.606. The molecule has 168 valence electrons. The van der Waals surface area contributed by atoms with E-state index in [2.05, 4.69) is 5.10 Å². The Bertz CT molecular complexity index is 947. The number of aliphatic carboxylic acids is 1. The molecule has 1 aliphatic heterocycles.